The van der Waals surface area contributed by atoms with Crippen molar-refractivity contribution in [1.82, 2.24) is 10.2 Å². The Morgan fingerprint density at radius 1 is 1.24 bits per heavy atom. The number of fused-ring (bicyclic) bond motifs is 1. The summed E-state index contributed by atoms with van der Waals surface area (Å²) in [5.74, 6) is 1.21. The van der Waals surface area contributed by atoms with Gasteiger partial charge in [-0.1, -0.05) is 23.7 Å². The summed E-state index contributed by atoms with van der Waals surface area (Å²) in [5, 5.41) is 7.88. The van der Waals surface area contributed by atoms with Gasteiger partial charge in [-0.25, -0.2) is 0 Å². The van der Waals surface area contributed by atoms with Gasteiger partial charge in [0.1, 0.15) is 5.75 Å². The number of hydrogen-bond acceptors (Lipinski definition) is 3. The molecule has 0 atom stereocenters. The fourth-order valence-corrected chi connectivity index (χ4v) is 2.20. The lowest BCUT2D eigenvalue weighted by Gasteiger charge is -2.08. The first-order valence-corrected chi connectivity index (χ1v) is 5.90. The van der Waals surface area contributed by atoms with E-state index in [4.69, 9.17) is 16.3 Å². The van der Waals surface area contributed by atoms with Crippen LogP contribution in [-0.4, -0.2) is 10.2 Å². The molecule has 0 bridgehead atoms. The third-order valence-corrected chi connectivity index (χ3v) is 3.05. The first-order valence-electron chi connectivity index (χ1n) is 5.52. The van der Waals surface area contributed by atoms with Crippen LogP contribution in [0.1, 0.15) is 17.5 Å². The molecule has 4 heteroatoms. The average molecular weight is 246 g/mol. The minimum absolute atomic E-state index is 0.315. The number of rotatable bonds is 2. The van der Waals surface area contributed by atoms with Gasteiger partial charge in [-0.05, 0) is 42.5 Å². The molecule has 2 aromatic rings. The maximum Gasteiger partial charge on any atom is 0.247 e. The van der Waals surface area contributed by atoms with Gasteiger partial charge in [0, 0.05) is 0 Å². The van der Waals surface area contributed by atoms with E-state index in [1.807, 2.05) is 12.1 Å². The van der Waals surface area contributed by atoms with Crippen molar-refractivity contribution in [3.05, 3.63) is 46.6 Å². The van der Waals surface area contributed by atoms with E-state index < -0.39 is 0 Å². The number of ether oxygens (including phenoxy) is 1. The summed E-state index contributed by atoms with van der Waals surface area (Å²) in [6.45, 7) is 0. The van der Waals surface area contributed by atoms with Crippen molar-refractivity contribution in [2.24, 2.45) is 0 Å². The summed E-state index contributed by atoms with van der Waals surface area (Å²) in [4.78, 5) is 0. The molecule has 3 rings (SSSR count). The number of halogens is 1. The molecule has 1 aliphatic carbocycles. The number of nitrogens with zero attached hydrogens (tertiary/aromatic N) is 2. The molecule has 0 fully saturated rings. The predicted octanol–water partition coefficient (Wildman–Crippen LogP) is 3.21. The van der Waals surface area contributed by atoms with Gasteiger partial charge in [0.05, 0.1) is 6.07 Å². The molecule has 0 N–H and O–H groups in total. The second kappa shape index (κ2) is 4.34. The second-order valence-electron chi connectivity index (χ2n) is 3.97. The molecule has 0 aliphatic heterocycles. The minimum Gasteiger partial charge on any atom is -0.437 e. The van der Waals surface area contributed by atoms with Crippen LogP contribution in [-0.2, 0) is 12.8 Å². The van der Waals surface area contributed by atoms with E-state index in [9.17, 15) is 0 Å². The third kappa shape index (κ3) is 2.11. The largest absolute Gasteiger partial charge is 0.437 e. The Bertz CT molecular complexity index is 540. The predicted molar refractivity (Wildman–Crippen MR) is 64.4 cm³/mol. The van der Waals surface area contributed by atoms with E-state index in [1.54, 1.807) is 6.07 Å². The summed E-state index contributed by atoms with van der Waals surface area (Å²) in [7, 11) is 0. The Balaban J connectivity index is 1.91. The van der Waals surface area contributed by atoms with Crippen LogP contribution in [0.15, 0.2) is 24.3 Å². The Morgan fingerprint density at radius 2 is 2.18 bits per heavy atom. The van der Waals surface area contributed by atoms with Gasteiger partial charge in [0.15, 0.2) is 5.15 Å². The Morgan fingerprint density at radius 3 is 3.00 bits per heavy atom. The molecule has 0 spiro atoms. The second-order valence-corrected chi connectivity index (χ2v) is 4.35. The van der Waals surface area contributed by atoms with Crippen LogP contribution in [0.25, 0.3) is 0 Å². The van der Waals surface area contributed by atoms with Gasteiger partial charge in [0.25, 0.3) is 0 Å². The molecule has 1 heterocycles. The third-order valence-electron chi connectivity index (χ3n) is 2.86. The van der Waals surface area contributed by atoms with Crippen LogP contribution in [0.2, 0.25) is 5.15 Å². The molecule has 1 aromatic carbocycles. The quantitative estimate of drug-likeness (QED) is 0.815. The first kappa shape index (κ1) is 10.5. The monoisotopic (exact) mass is 245 g/mol. The highest BCUT2D eigenvalue weighted by Crippen LogP contribution is 2.32. The lowest BCUT2D eigenvalue weighted by atomic mass is 10.1. The van der Waals surface area contributed by atoms with Gasteiger partial charge in [-0.3, -0.25) is 0 Å². The highest BCUT2D eigenvalue weighted by atomic mass is 35.5. The SMILES string of the molecule is Clc1c[c]c(Oc2cccc3c2CCC3)nn1. The van der Waals surface area contributed by atoms with Crippen molar-refractivity contribution in [2.45, 2.75) is 19.3 Å². The van der Waals surface area contributed by atoms with Crippen molar-refractivity contribution >= 4 is 11.6 Å². The molecule has 0 saturated heterocycles. The molecule has 17 heavy (non-hydrogen) atoms. The van der Waals surface area contributed by atoms with E-state index in [2.05, 4.69) is 22.3 Å². The molecule has 85 valence electrons. The average Bonchev–Trinajstić information content (AvgIpc) is 2.81. The van der Waals surface area contributed by atoms with Gasteiger partial charge in [-0.2, -0.15) is 0 Å². The van der Waals surface area contributed by atoms with Gasteiger partial charge in [0.2, 0.25) is 5.88 Å². The van der Waals surface area contributed by atoms with Gasteiger partial charge in [-0.15, -0.1) is 10.2 Å². The van der Waals surface area contributed by atoms with Crippen molar-refractivity contribution in [3.8, 4) is 11.6 Å². The summed E-state index contributed by atoms with van der Waals surface area (Å²) in [5.41, 5.74) is 2.64. The highest BCUT2D eigenvalue weighted by Gasteiger charge is 2.16. The summed E-state index contributed by atoms with van der Waals surface area (Å²) in [6, 6.07) is 10.5. The summed E-state index contributed by atoms with van der Waals surface area (Å²) in [6.07, 6.45) is 3.38. The van der Waals surface area contributed by atoms with Crippen LogP contribution in [0, 0.1) is 6.07 Å². The topological polar surface area (TPSA) is 35.0 Å². The lowest BCUT2D eigenvalue weighted by molar-refractivity contribution is 0.449. The van der Waals surface area contributed by atoms with Crippen LogP contribution >= 0.6 is 11.6 Å². The van der Waals surface area contributed by atoms with E-state index in [-0.39, 0.29) is 0 Å². The Kier molecular flexibility index (Phi) is 2.69. The summed E-state index contributed by atoms with van der Waals surface area (Å²) >= 11 is 5.65. The Labute approximate surface area is 104 Å². The van der Waals surface area contributed by atoms with Crippen molar-refractivity contribution in [2.75, 3.05) is 0 Å². The summed E-state index contributed by atoms with van der Waals surface area (Å²) < 4.78 is 5.69. The normalized spacial score (nSPS) is 13.5. The van der Waals surface area contributed by atoms with Gasteiger partial charge < -0.3 is 4.74 Å². The molecule has 1 radical (unpaired) electrons. The van der Waals surface area contributed by atoms with Crippen molar-refractivity contribution in [1.29, 1.82) is 0 Å². The molecule has 1 aromatic heterocycles. The zero-order chi connectivity index (χ0) is 11.7. The fourth-order valence-electron chi connectivity index (χ4n) is 2.11. The zero-order valence-electron chi connectivity index (χ0n) is 9.11. The van der Waals surface area contributed by atoms with Crippen LogP contribution in [0.5, 0.6) is 11.6 Å². The standard InChI is InChI=1S/C13H10ClN2O/c14-12-7-8-13(16-15-12)17-11-6-2-4-9-3-1-5-10(9)11/h2,4,6-7H,1,3,5H2. The first-order chi connectivity index (χ1) is 8.33. The van der Waals surface area contributed by atoms with Crippen LogP contribution < -0.4 is 4.74 Å². The maximum atomic E-state index is 5.69. The zero-order valence-corrected chi connectivity index (χ0v) is 9.87. The molecule has 0 saturated carbocycles. The van der Waals surface area contributed by atoms with E-state index in [0.717, 1.165) is 18.6 Å². The smallest absolute Gasteiger partial charge is 0.247 e. The van der Waals surface area contributed by atoms with Crippen LogP contribution in [0.3, 0.4) is 0 Å². The number of aryl methyl sites for hydroxylation is 1. The van der Waals surface area contributed by atoms with E-state index >= 15 is 0 Å². The molecular formula is C13H10ClN2O. The highest BCUT2D eigenvalue weighted by molar-refractivity contribution is 6.29. The lowest BCUT2D eigenvalue weighted by Crippen LogP contribution is -1.94. The number of aromatic nitrogens is 2. The van der Waals surface area contributed by atoms with Gasteiger partial charge >= 0.3 is 0 Å². The van der Waals surface area contributed by atoms with Crippen molar-refractivity contribution in [3.63, 3.8) is 0 Å². The fraction of sp³-hybridized carbons (Fsp3) is 0.231. The molecule has 0 unspecified atom stereocenters. The minimum atomic E-state index is 0.315. The maximum absolute atomic E-state index is 5.69. The van der Waals surface area contributed by atoms with Crippen LogP contribution in [0.4, 0.5) is 0 Å². The molecular weight excluding hydrogens is 236 g/mol. The molecule has 0 amide bonds. The Hall–Kier alpha value is -1.61. The molecule has 3 nitrogen and oxygen atoms in total. The van der Waals surface area contributed by atoms with E-state index in [1.165, 1.54) is 17.5 Å². The van der Waals surface area contributed by atoms with E-state index in [0.29, 0.717) is 11.0 Å². The van der Waals surface area contributed by atoms with Crippen molar-refractivity contribution < 1.29 is 4.74 Å². The number of hydrogen-bond donors (Lipinski definition) is 0. The number of benzene rings is 1. The molecule has 1 aliphatic rings.